The molecule has 1 fully saturated rings. The molecule has 0 saturated carbocycles. The Morgan fingerprint density at radius 1 is 1.19 bits per heavy atom. The number of carbonyl (C=O) groups excluding carboxylic acids is 1. The lowest BCUT2D eigenvalue weighted by atomic mass is 9.97. The highest BCUT2D eigenvalue weighted by Crippen LogP contribution is 2.21. The average Bonchev–Trinajstić information content (AvgIpc) is 3.21. The van der Waals surface area contributed by atoms with Crippen LogP contribution in [0.15, 0.2) is 52.2 Å². The Morgan fingerprint density at radius 3 is 2.41 bits per heavy atom. The van der Waals surface area contributed by atoms with Crippen LogP contribution in [0.5, 0.6) is 0 Å². The highest BCUT2D eigenvalue weighted by molar-refractivity contribution is 7.89. The maximum Gasteiger partial charge on any atom is 0.257 e. The van der Waals surface area contributed by atoms with Crippen LogP contribution in [0.1, 0.15) is 48.5 Å². The molecule has 2 aromatic rings. The number of nitrogens with zero attached hydrogens (tertiary/aromatic N) is 1. The van der Waals surface area contributed by atoms with Crippen molar-refractivity contribution in [2.24, 2.45) is 5.92 Å². The molecule has 1 aromatic carbocycles. The van der Waals surface area contributed by atoms with Crippen molar-refractivity contribution in [3.05, 3.63) is 54.0 Å². The van der Waals surface area contributed by atoms with E-state index in [1.165, 1.54) is 12.5 Å². The molecule has 1 saturated heterocycles. The number of furan rings is 1. The van der Waals surface area contributed by atoms with Crippen LogP contribution >= 0.6 is 0 Å². The third kappa shape index (κ3) is 4.78. The van der Waals surface area contributed by atoms with Crippen molar-refractivity contribution in [1.29, 1.82) is 0 Å². The van der Waals surface area contributed by atoms with Crippen LogP contribution in [0.4, 0.5) is 0 Å². The van der Waals surface area contributed by atoms with Gasteiger partial charge in [-0.2, -0.15) is 0 Å². The quantitative estimate of drug-likeness (QED) is 0.821. The van der Waals surface area contributed by atoms with E-state index in [9.17, 15) is 13.2 Å². The second-order valence-electron chi connectivity index (χ2n) is 7.32. The predicted octanol–water partition coefficient (Wildman–Crippen LogP) is 3.23. The van der Waals surface area contributed by atoms with Gasteiger partial charge in [0.1, 0.15) is 6.26 Å². The lowest BCUT2D eigenvalue weighted by molar-refractivity contribution is 0.0691. The van der Waals surface area contributed by atoms with Crippen molar-refractivity contribution in [3.63, 3.8) is 0 Å². The molecule has 2 heterocycles. The maximum atomic E-state index is 12.5. The van der Waals surface area contributed by atoms with Gasteiger partial charge in [0.2, 0.25) is 10.0 Å². The first-order chi connectivity index (χ1) is 12.9. The van der Waals surface area contributed by atoms with Crippen molar-refractivity contribution in [3.8, 4) is 0 Å². The number of rotatable bonds is 6. The zero-order chi connectivity index (χ0) is 19.4. The molecule has 0 unspecified atom stereocenters. The molecule has 1 aliphatic heterocycles. The van der Waals surface area contributed by atoms with Gasteiger partial charge in [-0.15, -0.1) is 0 Å². The normalized spacial score (nSPS) is 16.0. The topological polar surface area (TPSA) is 79.6 Å². The van der Waals surface area contributed by atoms with Gasteiger partial charge in [0.05, 0.1) is 16.7 Å². The van der Waals surface area contributed by atoms with Gasteiger partial charge in [-0.25, -0.2) is 13.1 Å². The number of sulfonamides is 1. The van der Waals surface area contributed by atoms with Gasteiger partial charge in [-0.3, -0.25) is 4.79 Å². The van der Waals surface area contributed by atoms with Gasteiger partial charge in [0.25, 0.3) is 5.91 Å². The summed E-state index contributed by atoms with van der Waals surface area (Å²) in [5, 5.41) is 0. The third-order valence-corrected chi connectivity index (χ3v) is 6.53. The first-order valence-corrected chi connectivity index (χ1v) is 10.8. The molecule has 0 bridgehead atoms. The second kappa shape index (κ2) is 8.27. The van der Waals surface area contributed by atoms with E-state index in [-0.39, 0.29) is 11.8 Å². The van der Waals surface area contributed by atoms with Crippen molar-refractivity contribution in [2.75, 3.05) is 19.6 Å². The van der Waals surface area contributed by atoms with Crippen molar-refractivity contribution >= 4 is 15.9 Å². The first-order valence-electron chi connectivity index (χ1n) is 9.28. The molecule has 1 N–H and O–H groups in total. The number of benzene rings is 1. The van der Waals surface area contributed by atoms with Gasteiger partial charge in [-0.05, 0) is 48.4 Å². The number of amides is 1. The van der Waals surface area contributed by atoms with Crippen LogP contribution in [-0.2, 0) is 10.0 Å². The molecule has 0 spiro atoms. The van der Waals surface area contributed by atoms with E-state index in [1.807, 2.05) is 12.1 Å². The summed E-state index contributed by atoms with van der Waals surface area (Å²) in [6.07, 6.45) is 4.49. The lowest BCUT2D eigenvalue weighted by Crippen LogP contribution is -2.41. The standard InChI is InChI=1S/C20H26N2O4S/c1-15(2)17-3-5-19(6-4-17)27(24,25)21-13-16-7-10-22(11-8-16)20(23)18-9-12-26-14-18/h3-6,9,12,14-16,21H,7-8,10-11,13H2,1-2H3. The fourth-order valence-corrected chi connectivity index (χ4v) is 4.37. The monoisotopic (exact) mass is 390 g/mol. The van der Waals surface area contributed by atoms with E-state index >= 15 is 0 Å². The Bertz CT molecular complexity index is 850. The molecule has 146 valence electrons. The van der Waals surface area contributed by atoms with Gasteiger partial charge in [0.15, 0.2) is 0 Å². The van der Waals surface area contributed by atoms with E-state index in [4.69, 9.17) is 4.42 Å². The van der Waals surface area contributed by atoms with Crippen molar-refractivity contribution < 1.29 is 17.6 Å². The molecule has 1 aromatic heterocycles. The summed E-state index contributed by atoms with van der Waals surface area (Å²) in [5.41, 5.74) is 1.67. The highest BCUT2D eigenvalue weighted by Gasteiger charge is 2.25. The van der Waals surface area contributed by atoms with E-state index in [0.717, 1.165) is 18.4 Å². The largest absolute Gasteiger partial charge is 0.472 e. The van der Waals surface area contributed by atoms with E-state index in [2.05, 4.69) is 18.6 Å². The summed E-state index contributed by atoms with van der Waals surface area (Å²) in [7, 11) is -3.51. The Labute approximate surface area is 160 Å². The van der Waals surface area contributed by atoms with Gasteiger partial charge in [0, 0.05) is 19.6 Å². The molecule has 1 amide bonds. The maximum absolute atomic E-state index is 12.5. The minimum atomic E-state index is -3.51. The van der Waals surface area contributed by atoms with Crippen molar-refractivity contribution in [2.45, 2.75) is 37.5 Å². The van der Waals surface area contributed by atoms with Gasteiger partial charge in [-0.1, -0.05) is 26.0 Å². The van der Waals surface area contributed by atoms with E-state index < -0.39 is 10.0 Å². The molecule has 0 aliphatic carbocycles. The zero-order valence-electron chi connectivity index (χ0n) is 15.7. The number of hydrogen-bond acceptors (Lipinski definition) is 4. The van der Waals surface area contributed by atoms with Crippen LogP contribution < -0.4 is 4.72 Å². The summed E-state index contributed by atoms with van der Waals surface area (Å²) in [6, 6.07) is 8.69. The Morgan fingerprint density at radius 2 is 1.85 bits per heavy atom. The lowest BCUT2D eigenvalue weighted by Gasteiger charge is -2.31. The molecule has 0 radical (unpaired) electrons. The molecule has 6 nitrogen and oxygen atoms in total. The van der Waals surface area contributed by atoms with Crippen LogP contribution in [0, 0.1) is 5.92 Å². The molecular formula is C20H26N2O4S. The fourth-order valence-electron chi connectivity index (χ4n) is 3.25. The van der Waals surface area contributed by atoms with Crippen LogP contribution in [0.2, 0.25) is 0 Å². The highest BCUT2D eigenvalue weighted by atomic mass is 32.2. The molecule has 3 rings (SSSR count). The number of likely N-dealkylation sites (tertiary alicyclic amines) is 1. The smallest absolute Gasteiger partial charge is 0.257 e. The Kier molecular flexibility index (Phi) is 6.01. The van der Waals surface area contributed by atoms with Gasteiger partial charge < -0.3 is 9.32 Å². The summed E-state index contributed by atoms with van der Waals surface area (Å²) in [4.78, 5) is 14.4. The second-order valence-corrected chi connectivity index (χ2v) is 9.09. The molecule has 7 heteroatoms. The van der Waals surface area contributed by atoms with Gasteiger partial charge >= 0.3 is 0 Å². The van der Waals surface area contributed by atoms with E-state index in [1.54, 1.807) is 23.1 Å². The molecular weight excluding hydrogens is 364 g/mol. The number of hydrogen-bond donors (Lipinski definition) is 1. The summed E-state index contributed by atoms with van der Waals surface area (Å²) in [6.45, 7) is 5.79. The summed E-state index contributed by atoms with van der Waals surface area (Å²) < 4.78 is 32.7. The predicted molar refractivity (Wildman–Crippen MR) is 103 cm³/mol. The minimum absolute atomic E-state index is 0.0342. The van der Waals surface area contributed by atoms with Crippen LogP contribution in [-0.4, -0.2) is 38.9 Å². The third-order valence-electron chi connectivity index (χ3n) is 5.09. The number of nitrogens with one attached hydrogen (secondary N) is 1. The van der Waals surface area contributed by atoms with E-state index in [0.29, 0.717) is 36.0 Å². The molecule has 0 atom stereocenters. The van der Waals surface area contributed by atoms with Crippen LogP contribution in [0.3, 0.4) is 0 Å². The average molecular weight is 391 g/mol. The summed E-state index contributed by atoms with van der Waals surface area (Å²) in [5.74, 6) is 0.556. The minimum Gasteiger partial charge on any atom is -0.472 e. The zero-order valence-corrected chi connectivity index (χ0v) is 16.5. The first kappa shape index (κ1) is 19.6. The fraction of sp³-hybridized carbons (Fsp3) is 0.450. The molecule has 27 heavy (non-hydrogen) atoms. The Hall–Kier alpha value is -2.12. The Balaban J connectivity index is 1.51. The molecule has 1 aliphatic rings. The number of piperidine rings is 1. The van der Waals surface area contributed by atoms with Crippen molar-refractivity contribution in [1.82, 2.24) is 9.62 Å². The SMILES string of the molecule is CC(C)c1ccc(S(=O)(=O)NCC2CCN(C(=O)c3ccoc3)CC2)cc1. The summed E-state index contributed by atoms with van der Waals surface area (Å²) >= 11 is 0. The van der Waals surface area contributed by atoms with Crippen LogP contribution in [0.25, 0.3) is 0 Å². The number of carbonyl (C=O) groups is 1.